The molecule has 0 fully saturated rings. The minimum Gasteiger partial charge on any atom is -0.460 e. The van der Waals surface area contributed by atoms with Gasteiger partial charge in [-0.2, -0.15) is 0 Å². The van der Waals surface area contributed by atoms with Crippen LogP contribution < -0.4 is 5.32 Å². The Hall–Kier alpha value is -3.03. The quantitative estimate of drug-likeness (QED) is 0.150. The summed E-state index contributed by atoms with van der Waals surface area (Å²) in [6.45, 7) is 18.3. The van der Waals surface area contributed by atoms with Gasteiger partial charge in [0.2, 0.25) is 0 Å². The molecule has 1 N–H and O–H groups in total. The van der Waals surface area contributed by atoms with Crippen LogP contribution in [0, 0.1) is 0 Å². The molecule has 7 heteroatoms. The number of anilines is 1. The molecule has 0 unspecified atom stereocenters. The van der Waals surface area contributed by atoms with Crippen molar-refractivity contribution in [2.75, 3.05) is 11.9 Å². The average molecular weight is 548 g/mol. The van der Waals surface area contributed by atoms with Crippen molar-refractivity contribution < 1.29 is 14.0 Å². The van der Waals surface area contributed by atoms with E-state index in [2.05, 4.69) is 85.5 Å². The number of benzene rings is 1. The number of nitrogens with zero attached hydrogens (tertiary/aromatic N) is 2. The van der Waals surface area contributed by atoms with Crippen LogP contribution in [0.4, 0.5) is 5.82 Å². The second-order valence-corrected chi connectivity index (χ2v) is 17.4. The Kier molecular flexibility index (Phi) is 10.1. The summed E-state index contributed by atoms with van der Waals surface area (Å²) in [5.74, 6) is 0.612. The molecule has 3 aromatic rings. The third-order valence-electron chi connectivity index (χ3n) is 6.98. The number of hydrogen-bond donors (Lipinski definition) is 1. The molecule has 1 aromatic carbocycles. The summed E-state index contributed by atoms with van der Waals surface area (Å²) < 4.78 is 11.8. The standard InChI is InChI=1S/C32H45N3O3Si/c1-31(2,3)38-30(36)13-10-17-34-29-15-14-27(22-35-29)26-16-18-33-28(21-26)20-24-11-9-12-25(19-24)23-37-39(7,8)32(4,5)6/h9,11-12,14-16,18-19,21-22H,10,13,17,20,23H2,1-8H3,(H,34,35). The van der Waals surface area contributed by atoms with Gasteiger partial charge in [0.15, 0.2) is 8.32 Å². The first-order valence-electron chi connectivity index (χ1n) is 13.8. The van der Waals surface area contributed by atoms with Gasteiger partial charge in [0, 0.05) is 43.0 Å². The minimum atomic E-state index is -1.79. The smallest absolute Gasteiger partial charge is 0.306 e. The van der Waals surface area contributed by atoms with E-state index in [0.717, 1.165) is 29.1 Å². The number of pyridine rings is 2. The van der Waals surface area contributed by atoms with Gasteiger partial charge in [-0.1, -0.05) is 45.0 Å². The van der Waals surface area contributed by atoms with E-state index in [1.54, 1.807) is 0 Å². The Balaban J connectivity index is 1.56. The first kappa shape index (κ1) is 30.5. The van der Waals surface area contributed by atoms with Crippen molar-refractivity contribution in [1.82, 2.24) is 9.97 Å². The van der Waals surface area contributed by atoms with E-state index in [1.165, 1.54) is 11.1 Å². The van der Waals surface area contributed by atoms with Gasteiger partial charge >= 0.3 is 5.97 Å². The molecule has 0 aliphatic rings. The fraction of sp³-hybridized carbons (Fsp3) is 0.469. The van der Waals surface area contributed by atoms with Crippen molar-refractivity contribution in [3.05, 3.63) is 77.7 Å². The summed E-state index contributed by atoms with van der Waals surface area (Å²) in [4.78, 5) is 21.0. The first-order valence-corrected chi connectivity index (χ1v) is 16.7. The molecule has 0 radical (unpaired) electrons. The number of esters is 1. The maximum absolute atomic E-state index is 11.9. The molecule has 0 atom stereocenters. The second-order valence-electron chi connectivity index (χ2n) is 12.6. The van der Waals surface area contributed by atoms with Crippen LogP contribution in [0.5, 0.6) is 0 Å². The fourth-order valence-electron chi connectivity index (χ4n) is 3.78. The molecule has 210 valence electrons. The summed E-state index contributed by atoms with van der Waals surface area (Å²) in [6, 6.07) is 16.8. The second kappa shape index (κ2) is 12.9. The lowest BCUT2D eigenvalue weighted by molar-refractivity contribution is -0.154. The summed E-state index contributed by atoms with van der Waals surface area (Å²) in [6.07, 6.45) is 5.56. The maximum atomic E-state index is 11.9. The lowest BCUT2D eigenvalue weighted by atomic mass is 10.0. The summed E-state index contributed by atoms with van der Waals surface area (Å²) >= 11 is 0. The van der Waals surface area contributed by atoms with Crippen LogP contribution in [0.2, 0.25) is 18.1 Å². The molecule has 39 heavy (non-hydrogen) atoms. The highest BCUT2D eigenvalue weighted by Gasteiger charge is 2.37. The fourth-order valence-corrected chi connectivity index (χ4v) is 4.74. The molecule has 0 amide bonds. The Morgan fingerprint density at radius 2 is 1.67 bits per heavy atom. The van der Waals surface area contributed by atoms with E-state index in [1.807, 2.05) is 45.3 Å². The summed E-state index contributed by atoms with van der Waals surface area (Å²) in [5, 5.41) is 3.47. The molecular formula is C32H45N3O3Si. The topological polar surface area (TPSA) is 73.3 Å². The Morgan fingerprint density at radius 3 is 2.33 bits per heavy atom. The van der Waals surface area contributed by atoms with Gasteiger partial charge in [0.1, 0.15) is 11.4 Å². The van der Waals surface area contributed by atoms with Crippen molar-refractivity contribution in [2.45, 2.75) is 91.1 Å². The number of aromatic nitrogens is 2. The predicted octanol–water partition coefficient (Wildman–Crippen LogP) is 7.79. The highest BCUT2D eigenvalue weighted by Crippen LogP contribution is 2.37. The zero-order chi connectivity index (χ0) is 28.7. The molecule has 0 aliphatic carbocycles. The lowest BCUT2D eigenvalue weighted by Gasteiger charge is -2.36. The number of ether oxygens (including phenoxy) is 1. The van der Waals surface area contributed by atoms with Crippen LogP contribution >= 0.6 is 0 Å². The predicted molar refractivity (Wildman–Crippen MR) is 162 cm³/mol. The summed E-state index contributed by atoms with van der Waals surface area (Å²) in [5.41, 5.74) is 5.11. The zero-order valence-electron chi connectivity index (χ0n) is 24.9. The number of hydrogen-bond acceptors (Lipinski definition) is 6. The van der Waals surface area contributed by atoms with Gasteiger partial charge in [-0.25, -0.2) is 4.98 Å². The largest absolute Gasteiger partial charge is 0.460 e. The van der Waals surface area contributed by atoms with E-state index < -0.39 is 13.9 Å². The molecule has 0 aliphatic heterocycles. The Bertz CT molecular complexity index is 1230. The zero-order valence-corrected chi connectivity index (χ0v) is 25.9. The molecular weight excluding hydrogens is 502 g/mol. The molecule has 0 spiro atoms. The normalized spacial score (nSPS) is 12.3. The van der Waals surface area contributed by atoms with E-state index >= 15 is 0 Å². The van der Waals surface area contributed by atoms with Crippen LogP contribution in [-0.2, 0) is 27.0 Å². The number of nitrogens with one attached hydrogen (secondary N) is 1. The summed E-state index contributed by atoms with van der Waals surface area (Å²) in [7, 11) is -1.79. The highest BCUT2D eigenvalue weighted by atomic mass is 28.4. The van der Waals surface area contributed by atoms with Gasteiger partial charge in [-0.05, 0) is 86.3 Å². The minimum absolute atomic E-state index is 0.174. The monoisotopic (exact) mass is 547 g/mol. The van der Waals surface area contributed by atoms with Crippen molar-refractivity contribution in [3.63, 3.8) is 0 Å². The van der Waals surface area contributed by atoms with Gasteiger partial charge in [-0.3, -0.25) is 9.78 Å². The number of carbonyl (C=O) groups is 1. The van der Waals surface area contributed by atoms with Gasteiger partial charge in [-0.15, -0.1) is 0 Å². The van der Waals surface area contributed by atoms with Crippen LogP contribution in [0.15, 0.2) is 60.9 Å². The van der Waals surface area contributed by atoms with E-state index in [-0.39, 0.29) is 11.0 Å². The van der Waals surface area contributed by atoms with Crippen molar-refractivity contribution in [3.8, 4) is 11.1 Å². The number of rotatable bonds is 11. The van der Waals surface area contributed by atoms with Gasteiger partial charge < -0.3 is 14.5 Å². The molecule has 0 bridgehead atoms. The third kappa shape index (κ3) is 9.90. The molecule has 0 saturated carbocycles. The van der Waals surface area contributed by atoms with E-state index in [0.29, 0.717) is 26.0 Å². The van der Waals surface area contributed by atoms with Crippen molar-refractivity contribution in [2.24, 2.45) is 0 Å². The molecule has 2 aromatic heterocycles. The van der Waals surface area contributed by atoms with Crippen LogP contribution in [0.25, 0.3) is 11.1 Å². The third-order valence-corrected chi connectivity index (χ3v) is 11.5. The van der Waals surface area contributed by atoms with Crippen LogP contribution in [0.3, 0.4) is 0 Å². The Labute approximate surface area is 235 Å². The van der Waals surface area contributed by atoms with Gasteiger partial charge in [0.05, 0.1) is 6.61 Å². The average Bonchev–Trinajstić information content (AvgIpc) is 2.84. The number of carbonyl (C=O) groups excluding carboxylic acids is 1. The van der Waals surface area contributed by atoms with Crippen LogP contribution in [0.1, 0.15) is 71.2 Å². The molecule has 2 heterocycles. The highest BCUT2D eigenvalue weighted by molar-refractivity contribution is 6.74. The van der Waals surface area contributed by atoms with Gasteiger partial charge in [0.25, 0.3) is 0 Å². The van der Waals surface area contributed by atoms with E-state index in [4.69, 9.17) is 9.16 Å². The van der Waals surface area contributed by atoms with E-state index in [9.17, 15) is 4.79 Å². The molecule has 6 nitrogen and oxygen atoms in total. The maximum Gasteiger partial charge on any atom is 0.306 e. The van der Waals surface area contributed by atoms with Crippen molar-refractivity contribution >= 4 is 20.1 Å². The molecule has 3 rings (SSSR count). The Morgan fingerprint density at radius 1 is 0.923 bits per heavy atom. The first-order chi connectivity index (χ1) is 18.2. The van der Waals surface area contributed by atoms with Crippen molar-refractivity contribution in [1.29, 1.82) is 0 Å². The SMILES string of the molecule is CC(C)(C)OC(=O)CCCNc1ccc(-c2ccnc(Cc3cccc(CO[Si](C)(C)C(C)(C)C)c3)c2)cn1. The lowest BCUT2D eigenvalue weighted by Crippen LogP contribution is -2.40. The molecule has 0 saturated heterocycles. The van der Waals surface area contributed by atoms with Crippen LogP contribution in [-0.4, -0.2) is 36.4 Å².